The van der Waals surface area contributed by atoms with E-state index in [4.69, 9.17) is 0 Å². The molecular formula is C13H26. The molecule has 78 valence electrons. The van der Waals surface area contributed by atoms with E-state index in [9.17, 15) is 0 Å². The van der Waals surface area contributed by atoms with Crippen LogP contribution in [-0.2, 0) is 0 Å². The van der Waals surface area contributed by atoms with E-state index in [2.05, 4.69) is 55.4 Å². The van der Waals surface area contributed by atoms with Gasteiger partial charge in [-0.1, -0.05) is 55.4 Å². The Morgan fingerprint density at radius 2 is 0.769 bits per heavy atom. The van der Waals surface area contributed by atoms with Gasteiger partial charge < -0.3 is 0 Å². The summed E-state index contributed by atoms with van der Waals surface area (Å²) < 4.78 is 0. The lowest BCUT2D eigenvalue weighted by Gasteiger charge is -2.47. The van der Waals surface area contributed by atoms with Gasteiger partial charge in [0, 0.05) is 0 Å². The Labute approximate surface area is 84.1 Å². The second kappa shape index (κ2) is 2.32. The molecule has 0 amide bonds. The van der Waals surface area contributed by atoms with Crippen LogP contribution in [-0.4, -0.2) is 0 Å². The van der Waals surface area contributed by atoms with Crippen LogP contribution in [0.1, 0.15) is 61.8 Å². The molecule has 0 unspecified atom stereocenters. The molecule has 0 radical (unpaired) electrons. The zero-order chi connectivity index (χ0) is 10.7. The summed E-state index contributed by atoms with van der Waals surface area (Å²) in [6, 6.07) is 0. The van der Waals surface area contributed by atoms with Crippen molar-refractivity contribution in [1.29, 1.82) is 0 Å². The molecule has 0 heteroatoms. The van der Waals surface area contributed by atoms with Gasteiger partial charge in [-0.15, -0.1) is 0 Å². The first kappa shape index (κ1) is 11.1. The molecule has 1 aliphatic carbocycles. The quantitative estimate of drug-likeness (QED) is 0.517. The zero-order valence-electron chi connectivity index (χ0n) is 10.7. The number of hydrogen-bond donors (Lipinski definition) is 0. The van der Waals surface area contributed by atoms with Crippen LogP contribution in [0.25, 0.3) is 0 Å². The molecule has 0 heterocycles. The van der Waals surface area contributed by atoms with Crippen LogP contribution in [0.2, 0.25) is 0 Å². The summed E-state index contributed by atoms with van der Waals surface area (Å²) >= 11 is 0. The van der Waals surface area contributed by atoms with Gasteiger partial charge in [-0.05, 0) is 28.1 Å². The third kappa shape index (κ3) is 1.10. The Bertz CT molecular complexity index is 192. The van der Waals surface area contributed by atoms with Crippen LogP contribution in [0.5, 0.6) is 0 Å². The van der Waals surface area contributed by atoms with Crippen LogP contribution in [0.4, 0.5) is 0 Å². The van der Waals surface area contributed by atoms with Gasteiger partial charge in [-0.3, -0.25) is 0 Å². The summed E-state index contributed by atoms with van der Waals surface area (Å²) in [5.41, 5.74) is 1.76. The van der Waals surface area contributed by atoms with Gasteiger partial charge in [0.05, 0.1) is 0 Å². The number of hydrogen-bond acceptors (Lipinski definition) is 0. The molecule has 1 aliphatic rings. The van der Waals surface area contributed by atoms with E-state index in [0.29, 0.717) is 21.7 Å². The molecule has 0 bridgehead atoms. The van der Waals surface area contributed by atoms with E-state index in [0.717, 1.165) is 0 Å². The average molecular weight is 182 g/mol. The maximum Gasteiger partial charge on any atom is -0.0246 e. The lowest BCUT2D eigenvalue weighted by molar-refractivity contribution is 0.0135. The second-order valence-electron chi connectivity index (χ2n) is 7.19. The van der Waals surface area contributed by atoms with Gasteiger partial charge in [0.15, 0.2) is 0 Å². The van der Waals surface area contributed by atoms with Crippen LogP contribution >= 0.6 is 0 Å². The molecule has 0 aliphatic heterocycles. The van der Waals surface area contributed by atoms with Crippen molar-refractivity contribution in [2.45, 2.75) is 61.8 Å². The summed E-state index contributed by atoms with van der Waals surface area (Å²) in [4.78, 5) is 0. The van der Waals surface area contributed by atoms with Gasteiger partial charge in [0.1, 0.15) is 0 Å². The molecular weight excluding hydrogens is 156 g/mol. The van der Waals surface area contributed by atoms with Crippen LogP contribution in [0, 0.1) is 21.7 Å². The van der Waals surface area contributed by atoms with Crippen molar-refractivity contribution in [3.63, 3.8) is 0 Å². The topological polar surface area (TPSA) is 0 Å². The van der Waals surface area contributed by atoms with E-state index in [1.54, 1.807) is 0 Å². The molecule has 0 nitrogen and oxygen atoms in total. The van der Waals surface area contributed by atoms with E-state index >= 15 is 0 Å². The fourth-order valence-electron chi connectivity index (χ4n) is 3.24. The first-order valence-corrected chi connectivity index (χ1v) is 5.46. The first-order chi connectivity index (χ1) is 5.46. The van der Waals surface area contributed by atoms with Crippen molar-refractivity contribution >= 4 is 0 Å². The summed E-state index contributed by atoms with van der Waals surface area (Å²) in [5.74, 6) is 0. The Morgan fingerprint density at radius 1 is 0.538 bits per heavy atom. The molecule has 0 atom stereocenters. The minimum atomic E-state index is 0.420. The van der Waals surface area contributed by atoms with Crippen molar-refractivity contribution < 1.29 is 0 Å². The highest BCUT2D eigenvalue weighted by Crippen LogP contribution is 2.69. The SMILES string of the molecule is CC1(C)CC(C)(C)C(C)(C)C1(C)C. The molecule has 0 aromatic carbocycles. The van der Waals surface area contributed by atoms with Crippen LogP contribution in [0.15, 0.2) is 0 Å². The summed E-state index contributed by atoms with van der Waals surface area (Å²) in [6.07, 6.45) is 1.33. The van der Waals surface area contributed by atoms with Crippen LogP contribution < -0.4 is 0 Å². The van der Waals surface area contributed by atoms with Gasteiger partial charge in [-0.25, -0.2) is 0 Å². The third-order valence-electron chi connectivity index (χ3n) is 5.83. The van der Waals surface area contributed by atoms with Crippen molar-refractivity contribution in [3.8, 4) is 0 Å². The summed E-state index contributed by atoms with van der Waals surface area (Å²) in [7, 11) is 0. The molecule has 1 rings (SSSR count). The predicted molar refractivity (Wildman–Crippen MR) is 59.7 cm³/mol. The lowest BCUT2D eigenvalue weighted by atomic mass is 9.57. The Morgan fingerprint density at radius 3 is 0.846 bits per heavy atom. The average Bonchev–Trinajstić information content (AvgIpc) is 1.88. The van der Waals surface area contributed by atoms with Gasteiger partial charge in [0.2, 0.25) is 0 Å². The second-order valence-corrected chi connectivity index (χ2v) is 7.19. The number of rotatable bonds is 0. The molecule has 0 aromatic heterocycles. The van der Waals surface area contributed by atoms with Crippen molar-refractivity contribution in [3.05, 3.63) is 0 Å². The van der Waals surface area contributed by atoms with Crippen LogP contribution in [0.3, 0.4) is 0 Å². The standard InChI is InChI=1S/C13H26/c1-10(2)9-11(3,4)13(7,8)12(10,5)6/h9H2,1-8H3. The maximum atomic E-state index is 2.43. The molecule has 1 fully saturated rings. The van der Waals surface area contributed by atoms with E-state index in [1.807, 2.05) is 0 Å². The molecule has 0 saturated heterocycles. The minimum Gasteiger partial charge on any atom is -0.0594 e. The maximum absolute atomic E-state index is 2.43. The fourth-order valence-corrected chi connectivity index (χ4v) is 3.24. The molecule has 0 N–H and O–H groups in total. The Hall–Kier alpha value is 0. The molecule has 1 saturated carbocycles. The van der Waals surface area contributed by atoms with E-state index < -0.39 is 0 Å². The normalized spacial score (nSPS) is 33.2. The smallest absolute Gasteiger partial charge is 0.0246 e. The predicted octanol–water partition coefficient (Wildman–Crippen LogP) is 4.49. The zero-order valence-corrected chi connectivity index (χ0v) is 10.7. The lowest BCUT2D eigenvalue weighted by Crippen LogP contribution is -2.40. The van der Waals surface area contributed by atoms with E-state index in [1.165, 1.54) is 6.42 Å². The highest BCUT2D eigenvalue weighted by molar-refractivity contribution is 5.10. The molecule has 0 aromatic rings. The third-order valence-corrected chi connectivity index (χ3v) is 5.83. The Balaban J connectivity index is 3.24. The monoisotopic (exact) mass is 182 g/mol. The first-order valence-electron chi connectivity index (χ1n) is 5.46. The van der Waals surface area contributed by atoms with Crippen molar-refractivity contribution in [2.75, 3.05) is 0 Å². The van der Waals surface area contributed by atoms with E-state index in [-0.39, 0.29) is 0 Å². The Kier molecular flexibility index (Phi) is 1.98. The minimum absolute atomic E-state index is 0.420. The largest absolute Gasteiger partial charge is 0.0594 e. The molecule has 13 heavy (non-hydrogen) atoms. The highest BCUT2D eigenvalue weighted by atomic mass is 14.7. The highest BCUT2D eigenvalue weighted by Gasteiger charge is 2.61. The summed E-state index contributed by atoms with van der Waals surface area (Å²) in [6.45, 7) is 19.4. The van der Waals surface area contributed by atoms with Gasteiger partial charge >= 0.3 is 0 Å². The molecule has 0 spiro atoms. The van der Waals surface area contributed by atoms with Crippen molar-refractivity contribution in [2.24, 2.45) is 21.7 Å². The van der Waals surface area contributed by atoms with Gasteiger partial charge in [0.25, 0.3) is 0 Å². The van der Waals surface area contributed by atoms with Crippen molar-refractivity contribution in [1.82, 2.24) is 0 Å². The van der Waals surface area contributed by atoms with Gasteiger partial charge in [-0.2, -0.15) is 0 Å². The summed E-state index contributed by atoms with van der Waals surface area (Å²) in [5, 5.41) is 0. The fraction of sp³-hybridized carbons (Fsp3) is 1.00.